The van der Waals surface area contributed by atoms with Crippen molar-refractivity contribution in [3.63, 3.8) is 0 Å². The van der Waals surface area contributed by atoms with E-state index in [2.05, 4.69) is 11.0 Å². The fourth-order valence-corrected chi connectivity index (χ4v) is 3.53. The summed E-state index contributed by atoms with van der Waals surface area (Å²) in [6.07, 6.45) is 0. The average Bonchev–Trinajstić information content (AvgIpc) is 2.92. The number of carbonyl (C=O) groups excluding carboxylic acids is 1. The van der Waals surface area contributed by atoms with E-state index in [-0.39, 0.29) is 5.91 Å². The summed E-state index contributed by atoms with van der Waals surface area (Å²) in [5.74, 6) is 0.314. The highest BCUT2D eigenvalue weighted by molar-refractivity contribution is 5.95. The van der Waals surface area contributed by atoms with Crippen LogP contribution >= 0.6 is 0 Å². The van der Waals surface area contributed by atoms with Gasteiger partial charge in [0.15, 0.2) is 0 Å². The van der Waals surface area contributed by atoms with Gasteiger partial charge >= 0.3 is 0 Å². The maximum atomic E-state index is 13.1. The Labute approximate surface area is 160 Å². The molecule has 2 aromatic rings. The van der Waals surface area contributed by atoms with E-state index < -0.39 is 0 Å². The number of nitriles is 1. The molecule has 1 heterocycles. The third-order valence-corrected chi connectivity index (χ3v) is 4.72. The van der Waals surface area contributed by atoms with Gasteiger partial charge < -0.3 is 14.5 Å². The lowest BCUT2D eigenvalue weighted by atomic mass is 9.98. The van der Waals surface area contributed by atoms with Gasteiger partial charge in [-0.3, -0.25) is 4.79 Å². The van der Waals surface area contributed by atoms with E-state index in [1.165, 1.54) is 0 Å². The van der Waals surface area contributed by atoms with Crippen LogP contribution in [0.3, 0.4) is 0 Å². The monoisotopic (exact) mass is 363 g/mol. The zero-order chi connectivity index (χ0) is 19.2. The van der Waals surface area contributed by atoms with Crippen molar-refractivity contribution in [1.82, 2.24) is 9.80 Å². The predicted molar refractivity (Wildman–Crippen MR) is 105 cm³/mol. The first kappa shape index (κ1) is 19.1. The molecule has 0 bridgehead atoms. The van der Waals surface area contributed by atoms with Crippen molar-refractivity contribution < 1.29 is 9.53 Å². The molecule has 0 N–H and O–H groups in total. The molecule has 0 unspecified atom stereocenters. The first-order chi connectivity index (χ1) is 13.1. The van der Waals surface area contributed by atoms with Crippen LogP contribution in [0.4, 0.5) is 0 Å². The molecular formula is C22H25N3O2. The Bertz CT molecular complexity index is 841. The van der Waals surface area contributed by atoms with Crippen LogP contribution in [0.5, 0.6) is 0 Å². The van der Waals surface area contributed by atoms with Crippen LogP contribution in [0.25, 0.3) is 11.1 Å². The van der Waals surface area contributed by atoms with E-state index in [1.54, 1.807) is 6.07 Å². The molecule has 1 aliphatic rings. The molecule has 0 radical (unpaired) electrons. The van der Waals surface area contributed by atoms with Crippen molar-refractivity contribution in [3.8, 4) is 17.2 Å². The highest BCUT2D eigenvalue weighted by Crippen LogP contribution is 2.25. The van der Waals surface area contributed by atoms with Gasteiger partial charge in [-0.15, -0.1) is 0 Å². The molecular weight excluding hydrogens is 338 g/mol. The Morgan fingerprint density at radius 1 is 1.26 bits per heavy atom. The van der Waals surface area contributed by atoms with Crippen LogP contribution in [0.1, 0.15) is 15.9 Å². The van der Waals surface area contributed by atoms with Gasteiger partial charge in [-0.25, -0.2) is 0 Å². The Balaban J connectivity index is 1.84. The van der Waals surface area contributed by atoms with Crippen molar-refractivity contribution in [1.29, 1.82) is 5.26 Å². The molecule has 27 heavy (non-hydrogen) atoms. The highest BCUT2D eigenvalue weighted by atomic mass is 16.5. The molecule has 1 fully saturated rings. The van der Waals surface area contributed by atoms with Crippen LogP contribution in [-0.2, 0) is 4.74 Å². The molecule has 1 aliphatic heterocycles. The number of ether oxygens (including phenoxy) is 1. The highest BCUT2D eigenvalue weighted by Gasteiger charge is 2.24. The molecule has 5 nitrogen and oxygen atoms in total. The van der Waals surface area contributed by atoms with Crippen LogP contribution < -0.4 is 0 Å². The Kier molecular flexibility index (Phi) is 6.23. The number of hydrogen-bond donors (Lipinski definition) is 0. The summed E-state index contributed by atoms with van der Waals surface area (Å²) in [4.78, 5) is 17.1. The van der Waals surface area contributed by atoms with E-state index in [9.17, 15) is 10.1 Å². The van der Waals surface area contributed by atoms with Crippen molar-refractivity contribution >= 4 is 5.91 Å². The first-order valence-corrected chi connectivity index (χ1v) is 9.20. The van der Waals surface area contributed by atoms with Crippen LogP contribution in [0.2, 0.25) is 0 Å². The quantitative estimate of drug-likeness (QED) is 0.838. The van der Waals surface area contributed by atoms with E-state index in [0.717, 1.165) is 17.7 Å². The van der Waals surface area contributed by atoms with Gasteiger partial charge in [0.05, 0.1) is 24.8 Å². The molecule has 0 aliphatic carbocycles. The number of rotatable bonds is 4. The third-order valence-electron chi connectivity index (χ3n) is 4.72. The second-order valence-corrected chi connectivity index (χ2v) is 7.19. The Hall–Kier alpha value is -2.68. The second-order valence-electron chi connectivity index (χ2n) is 7.19. The number of amides is 1. The van der Waals surface area contributed by atoms with Crippen molar-refractivity contribution in [3.05, 3.63) is 59.7 Å². The molecule has 1 amide bonds. The standard InChI is InChI=1S/C22H25N3O2/c1-24(2)14-17-15-25(10-11-27-16-17)22(26)19-8-5-7-18(12-19)21-9-4-3-6-20(21)13-23/h3-9,12,17H,10-11,14-16H2,1-2H3/t17-/m0/s1. The lowest BCUT2D eigenvalue weighted by Gasteiger charge is -2.25. The predicted octanol–water partition coefficient (Wildman–Crippen LogP) is 2.88. The number of hydrogen-bond acceptors (Lipinski definition) is 4. The maximum Gasteiger partial charge on any atom is 0.253 e. The zero-order valence-corrected chi connectivity index (χ0v) is 15.9. The molecule has 0 spiro atoms. The molecule has 0 aromatic heterocycles. The minimum absolute atomic E-state index is 0.0144. The van der Waals surface area contributed by atoms with Crippen molar-refractivity contribution in [2.24, 2.45) is 5.92 Å². The fraction of sp³-hybridized carbons (Fsp3) is 0.364. The van der Waals surface area contributed by atoms with E-state index >= 15 is 0 Å². The van der Waals surface area contributed by atoms with Gasteiger partial charge in [0.25, 0.3) is 5.91 Å². The van der Waals surface area contributed by atoms with Gasteiger partial charge in [-0.1, -0.05) is 30.3 Å². The zero-order valence-electron chi connectivity index (χ0n) is 15.9. The number of benzene rings is 2. The Morgan fingerprint density at radius 2 is 2.07 bits per heavy atom. The molecule has 3 rings (SSSR count). The third kappa shape index (κ3) is 4.73. The second kappa shape index (κ2) is 8.81. The summed E-state index contributed by atoms with van der Waals surface area (Å²) >= 11 is 0. The molecule has 0 saturated carbocycles. The first-order valence-electron chi connectivity index (χ1n) is 9.20. The van der Waals surface area contributed by atoms with E-state index in [1.807, 2.05) is 61.5 Å². The van der Waals surface area contributed by atoms with Crippen molar-refractivity contribution in [2.45, 2.75) is 0 Å². The molecule has 140 valence electrons. The summed E-state index contributed by atoms with van der Waals surface area (Å²) in [5.41, 5.74) is 2.98. The van der Waals surface area contributed by atoms with Crippen LogP contribution in [0.15, 0.2) is 48.5 Å². The van der Waals surface area contributed by atoms with Gasteiger partial charge in [0.2, 0.25) is 0 Å². The van der Waals surface area contributed by atoms with Crippen molar-refractivity contribution in [2.75, 3.05) is 46.9 Å². The topological polar surface area (TPSA) is 56.6 Å². The SMILES string of the molecule is CN(C)C[C@@H]1COCCN(C(=O)c2cccc(-c3ccccc3C#N)c2)C1. The summed E-state index contributed by atoms with van der Waals surface area (Å²) in [7, 11) is 4.07. The van der Waals surface area contributed by atoms with Gasteiger partial charge in [0.1, 0.15) is 0 Å². The average molecular weight is 363 g/mol. The lowest BCUT2D eigenvalue weighted by molar-refractivity contribution is 0.0735. The maximum absolute atomic E-state index is 13.1. The number of nitrogens with zero attached hydrogens (tertiary/aromatic N) is 3. The molecule has 1 atom stereocenters. The largest absolute Gasteiger partial charge is 0.379 e. The lowest BCUT2D eigenvalue weighted by Crippen LogP contribution is -2.38. The summed E-state index contributed by atoms with van der Waals surface area (Å²) in [6, 6.07) is 17.2. The molecule has 5 heteroatoms. The summed E-state index contributed by atoms with van der Waals surface area (Å²) in [5, 5.41) is 9.35. The van der Waals surface area contributed by atoms with E-state index in [0.29, 0.717) is 43.3 Å². The molecule has 2 aromatic carbocycles. The normalized spacial score (nSPS) is 17.4. The fourth-order valence-electron chi connectivity index (χ4n) is 3.53. The van der Waals surface area contributed by atoms with E-state index in [4.69, 9.17) is 4.74 Å². The number of carbonyl (C=O) groups is 1. The summed E-state index contributed by atoms with van der Waals surface area (Å²) in [6.45, 7) is 3.42. The summed E-state index contributed by atoms with van der Waals surface area (Å²) < 4.78 is 5.69. The van der Waals surface area contributed by atoms with Gasteiger partial charge in [-0.2, -0.15) is 5.26 Å². The minimum Gasteiger partial charge on any atom is -0.379 e. The van der Waals surface area contributed by atoms with Gasteiger partial charge in [0, 0.05) is 31.1 Å². The minimum atomic E-state index is 0.0144. The Morgan fingerprint density at radius 3 is 2.85 bits per heavy atom. The van der Waals surface area contributed by atoms with Crippen LogP contribution in [0, 0.1) is 17.2 Å². The van der Waals surface area contributed by atoms with Gasteiger partial charge in [-0.05, 0) is 43.4 Å². The smallest absolute Gasteiger partial charge is 0.253 e. The van der Waals surface area contributed by atoms with Crippen LogP contribution in [-0.4, -0.2) is 62.7 Å². The molecule has 1 saturated heterocycles.